The molecule has 0 spiro atoms. The van der Waals surface area contributed by atoms with Crippen molar-refractivity contribution < 1.29 is 56.8 Å². The molecule has 0 aromatic carbocycles. The van der Waals surface area contributed by atoms with E-state index in [1.807, 2.05) is 0 Å². The molecule has 0 bridgehead atoms. The topological polar surface area (TPSA) is 0 Å². The minimum atomic E-state index is -7.98. The van der Waals surface area contributed by atoms with Gasteiger partial charge in [-0.05, 0) is 6.04 Å². The molecule has 0 nitrogen and oxygen atoms in total. The van der Waals surface area contributed by atoms with Crippen LogP contribution < -0.4 is 0 Å². The van der Waals surface area contributed by atoms with Gasteiger partial charge in [-0.3, -0.25) is 4.11 Å². The Kier molecular flexibility index (Phi) is 6.37. The minimum Gasteiger partial charge on any atom is -0.291 e. The van der Waals surface area contributed by atoms with E-state index in [2.05, 4.69) is 0 Å². The van der Waals surface area contributed by atoms with Crippen LogP contribution in [0, 0.1) is 0 Å². The van der Waals surface area contributed by atoms with Crippen molar-refractivity contribution in [2.45, 2.75) is 61.6 Å². The average Bonchev–Trinajstić information content (AvgIpc) is 2.32. The van der Waals surface area contributed by atoms with Crippen LogP contribution in [0.3, 0.4) is 0 Å². The smallest absolute Gasteiger partial charge is 0.291 e. The van der Waals surface area contributed by atoms with Crippen LogP contribution in [-0.4, -0.2) is 37.8 Å². The monoisotopic (exact) mass is 406 g/mol. The zero-order valence-electron chi connectivity index (χ0n) is 11.7. The van der Waals surface area contributed by atoms with Crippen LogP contribution in [0.1, 0.15) is 26.2 Å². The molecule has 0 heterocycles. The molecule has 0 rings (SSSR count). The third-order valence-corrected chi connectivity index (χ3v) is 5.90. The standard InChI is InChI=1S/C10H11F13Si/c1-2-3-6(11,12)8(15,16)7(13,14)4-5-24(23,9(17,18)19)10(20,21)22/h2-5H2,1H3. The van der Waals surface area contributed by atoms with Crippen molar-refractivity contribution >= 4 is 8.41 Å². The van der Waals surface area contributed by atoms with Gasteiger partial charge in [0.2, 0.25) is 0 Å². The quantitative estimate of drug-likeness (QED) is 0.268. The van der Waals surface area contributed by atoms with E-state index < -0.39 is 63.1 Å². The Balaban J connectivity index is 5.58. The number of hydrogen-bond acceptors (Lipinski definition) is 0. The van der Waals surface area contributed by atoms with E-state index in [-0.39, 0.29) is 0 Å². The van der Waals surface area contributed by atoms with Crippen LogP contribution in [0.15, 0.2) is 0 Å². The summed E-state index contributed by atoms with van der Waals surface area (Å²) >= 11 is 0. The number of alkyl halides is 12. The highest BCUT2D eigenvalue weighted by atomic mass is 28.4. The van der Waals surface area contributed by atoms with Gasteiger partial charge in [0, 0.05) is 12.8 Å². The Morgan fingerprint density at radius 2 is 0.958 bits per heavy atom. The summed E-state index contributed by atoms with van der Waals surface area (Å²) < 4.78 is 165. The highest BCUT2D eigenvalue weighted by Gasteiger charge is 2.78. The lowest BCUT2D eigenvalue weighted by Crippen LogP contribution is -2.61. The number of halogens is 13. The van der Waals surface area contributed by atoms with E-state index in [0.29, 0.717) is 0 Å². The van der Waals surface area contributed by atoms with E-state index in [1.54, 1.807) is 0 Å². The molecule has 0 radical (unpaired) electrons. The summed E-state index contributed by atoms with van der Waals surface area (Å²) in [4.78, 5) is 0. The first-order valence-electron chi connectivity index (χ1n) is 6.22. The second-order valence-electron chi connectivity index (χ2n) is 5.03. The molecular formula is C10H11F13Si. The van der Waals surface area contributed by atoms with Gasteiger partial charge in [-0.2, -0.15) is 52.7 Å². The second kappa shape index (κ2) is 6.55. The summed E-state index contributed by atoms with van der Waals surface area (Å²) in [5, 5.41) is 0. The average molecular weight is 406 g/mol. The fourth-order valence-corrected chi connectivity index (χ4v) is 3.22. The first-order chi connectivity index (χ1) is 10.3. The van der Waals surface area contributed by atoms with Gasteiger partial charge in [-0.1, -0.05) is 13.3 Å². The molecule has 0 aliphatic rings. The molecular weight excluding hydrogens is 395 g/mol. The van der Waals surface area contributed by atoms with Crippen molar-refractivity contribution in [3.63, 3.8) is 0 Å². The van der Waals surface area contributed by atoms with E-state index in [9.17, 15) is 56.8 Å². The minimum absolute atomic E-state index is 0.717. The summed E-state index contributed by atoms with van der Waals surface area (Å²) in [6, 6.07) is -3.05. The molecule has 0 unspecified atom stereocenters. The van der Waals surface area contributed by atoms with Crippen LogP contribution in [0.5, 0.6) is 0 Å². The van der Waals surface area contributed by atoms with Crippen molar-refractivity contribution in [1.82, 2.24) is 0 Å². The number of hydrogen-bond donors (Lipinski definition) is 0. The van der Waals surface area contributed by atoms with Gasteiger partial charge >= 0.3 is 37.8 Å². The van der Waals surface area contributed by atoms with E-state index in [4.69, 9.17) is 0 Å². The molecule has 14 heteroatoms. The van der Waals surface area contributed by atoms with Gasteiger partial charge < -0.3 is 0 Å². The maximum atomic E-state index is 13.3. The van der Waals surface area contributed by atoms with Crippen LogP contribution in [0.4, 0.5) is 56.8 Å². The first kappa shape index (κ1) is 23.3. The van der Waals surface area contributed by atoms with Crippen LogP contribution in [0.25, 0.3) is 0 Å². The fraction of sp³-hybridized carbons (Fsp3) is 1.00. The molecule has 0 aromatic rings. The van der Waals surface area contributed by atoms with Crippen molar-refractivity contribution in [3.05, 3.63) is 0 Å². The third kappa shape index (κ3) is 4.10. The van der Waals surface area contributed by atoms with Gasteiger partial charge in [0.05, 0.1) is 0 Å². The SMILES string of the molecule is CCCC(F)(F)C(F)(F)C(F)(F)CC[Si](F)(C(F)(F)F)C(F)(F)F. The lowest BCUT2D eigenvalue weighted by Gasteiger charge is -2.34. The maximum absolute atomic E-state index is 13.3. The molecule has 0 saturated heterocycles. The Hall–Kier alpha value is -0.693. The van der Waals surface area contributed by atoms with Crippen molar-refractivity contribution in [1.29, 1.82) is 0 Å². The molecule has 0 aliphatic carbocycles. The maximum Gasteiger partial charge on any atom is 0.478 e. The summed E-state index contributed by atoms with van der Waals surface area (Å²) in [6.07, 6.45) is -5.53. The highest BCUT2D eigenvalue weighted by molar-refractivity contribution is 6.77. The first-order valence-corrected chi connectivity index (χ1v) is 8.31. The predicted molar refractivity (Wildman–Crippen MR) is 58.1 cm³/mol. The van der Waals surface area contributed by atoms with Crippen molar-refractivity contribution in [3.8, 4) is 0 Å². The van der Waals surface area contributed by atoms with Gasteiger partial charge in [-0.25, -0.2) is 0 Å². The third-order valence-electron chi connectivity index (χ3n) is 3.16. The molecule has 0 amide bonds. The largest absolute Gasteiger partial charge is 0.478 e. The van der Waals surface area contributed by atoms with Crippen LogP contribution in [-0.2, 0) is 0 Å². The lowest BCUT2D eigenvalue weighted by atomic mass is 9.99. The highest BCUT2D eigenvalue weighted by Crippen LogP contribution is 2.52. The van der Waals surface area contributed by atoms with Crippen LogP contribution in [0.2, 0.25) is 6.04 Å². The van der Waals surface area contributed by atoms with Crippen molar-refractivity contribution in [2.24, 2.45) is 0 Å². The Labute approximate surface area is 128 Å². The molecule has 0 aromatic heterocycles. The molecule has 0 N–H and O–H groups in total. The van der Waals surface area contributed by atoms with Gasteiger partial charge in [0.1, 0.15) is 0 Å². The Morgan fingerprint density at radius 3 is 1.25 bits per heavy atom. The molecule has 0 aliphatic heterocycles. The van der Waals surface area contributed by atoms with Gasteiger partial charge in [0.25, 0.3) is 0 Å². The fourth-order valence-electron chi connectivity index (χ4n) is 1.67. The van der Waals surface area contributed by atoms with E-state index in [1.165, 1.54) is 0 Å². The normalized spacial score (nSPS) is 15.8. The van der Waals surface area contributed by atoms with Gasteiger partial charge in [0.15, 0.2) is 0 Å². The second-order valence-corrected chi connectivity index (χ2v) is 8.27. The number of rotatable bonds is 7. The Morgan fingerprint density at radius 1 is 0.625 bits per heavy atom. The predicted octanol–water partition coefficient (Wildman–Crippen LogP) is 6.20. The lowest BCUT2D eigenvalue weighted by molar-refractivity contribution is -0.311. The summed E-state index contributed by atoms with van der Waals surface area (Å²) in [5.41, 5.74) is 0. The van der Waals surface area contributed by atoms with Crippen LogP contribution >= 0.6 is 0 Å². The van der Waals surface area contributed by atoms with E-state index in [0.717, 1.165) is 6.92 Å². The van der Waals surface area contributed by atoms with E-state index >= 15 is 0 Å². The molecule has 0 saturated carbocycles. The molecule has 0 atom stereocenters. The summed E-state index contributed by atoms with van der Waals surface area (Å²) in [6.45, 7) is 0.912. The summed E-state index contributed by atoms with van der Waals surface area (Å²) in [7, 11) is -7.98. The molecule has 0 fully saturated rings. The van der Waals surface area contributed by atoms with Gasteiger partial charge in [-0.15, -0.1) is 0 Å². The summed E-state index contributed by atoms with van der Waals surface area (Å²) in [5.74, 6) is -30.8. The zero-order chi connectivity index (χ0) is 19.8. The molecule has 146 valence electrons. The zero-order valence-corrected chi connectivity index (χ0v) is 12.7. The Bertz CT molecular complexity index is 407. The van der Waals surface area contributed by atoms with Crippen molar-refractivity contribution in [2.75, 3.05) is 0 Å². The molecule has 24 heavy (non-hydrogen) atoms.